The van der Waals surface area contributed by atoms with Crippen molar-refractivity contribution in [3.63, 3.8) is 0 Å². The first-order valence-corrected chi connectivity index (χ1v) is 5.19. The first-order valence-electron chi connectivity index (χ1n) is 5.19. The van der Waals surface area contributed by atoms with E-state index in [4.69, 9.17) is 4.42 Å². The molecule has 0 aliphatic heterocycles. The highest BCUT2D eigenvalue weighted by Crippen LogP contribution is 2.25. The Kier molecular flexibility index (Phi) is 2.50. The predicted molar refractivity (Wildman–Crippen MR) is 63.6 cm³/mol. The highest BCUT2D eigenvalue weighted by atomic mass is 16.3. The van der Waals surface area contributed by atoms with Crippen molar-refractivity contribution in [3.05, 3.63) is 39.2 Å². The molecule has 17 heavy (non-hydrogen) atoms. The second-order valence-electron chi connectivity index (χ2n) is 4.08. The Morgan fingerprint density at radius 1 is 1.29 bits per heavy atom. The molecule has 1 aromatic heterocycles. The van der Waals surface area contributed by atoms with Crippen LogP contribution in [0.1, 0.15) is 28.6 Å². The fourth-order valence-corrected chi connectivity index (χ4v) is 1.95. The number of Topliss-reactive ketones (excluding diaryl/α,β-unsaturated/α-hetero) is 1. The Morgan fingerprint density at radius 2 is 1.94 bits per heavy atom. The molecule has 0 radical (unpaired) electrons. The quantitative estimate of drug-likeness (QED) is 0.766. The van der Waals surface area contributed by atoms with Crippen molar-refractivity contribution in [2.24, 2.45) is 0 Å². The topological polar surface area (TPSA) is 67.5 Å². The van der Waals surface area contributed by atoms with E-state index in [2.05, 4.69) is 0 Å². The fourth-order valence-electron chi connectivity index (χ4n) is 1.95. The maximum Gasteiger partial charge on any atom is 0.207 e. The summed E-state index contributed by atoms with van der Waals surface area (Å²) < 4.78 is 5.42. The predicted octanol–water partition coefficient (Wildman–Crippen LogP) is 2.32. The van der Waals surface area contributed by atoms with E-state index in [-0.39, 0.29) is 28.2 Å². The number of ketones is 1. The number of aryl methyl sites for hydroxylation is 2. The molecule has 0 spiro atoms. The third kappa shape index (κ3) is 1.71. The van der Waals surface area contributed by atoms with Gasteiger partial charge in [-0.25, -0.2) is 0 Å². The zero-order valence-electron chi connectivity index (χ0n) is 9.83. The van der Waals surface area contributed by atoms with Crippen LogP contribution < -0.4 is 5.43 Å². The SMILES string of the molecule is CC(=O)c1c(C)oc2cc(C)cc(O)c2c1=O. The molecule has 0 amide bonds. The molecule has 0 unspecified atom stereocenters. The van der Waals surface area contributed by atoms with Crippen LogP contribution >= 0.6 is 0 Å². The van der Waals surface area contributed by atoms with Crippen molar-refractivity contribution in [3.8, 4) is 5.75 Å². The summed E-state index contributed by atoms with van der Waals surface area (Å²) in [5.41, 5.74) is 0.605. The van der Waals surface area contributed by atoms with Crippen molar-refractivity contribution in [2.75, 3.05) is 0 Å². The minimum Gasteiger partial charge on any atom is -0.507 e. The third-order valence-corrected chi connectivity index (χ3v) is 2.65. The van der Waals surface area contributed by atoms with E-state index in [0.717, 1.165) is 5.56 Å². The second-order valence-corrected chi connectivity index (χ2v) is 4.08. The molecule has 2 rings (SSSR count). The van der Waals surface area contributed by atoms with Gasteiger partial charge >= 0.3 is 0 Å². The molecule has 1 aromatic carbocycles. The Morgan fingerprint density at radius 3 is 2.53 bits per heavy atom. The van der Waals surface area contributed by atoms with Gasteiger partial charge in [0.25, 0.3) is 0 Å². The number of carbonyl (C=O) groups is 1. The van der Waals surface area contributed by atoms with Crippen LogP contribution in [0.4, 0.5) is 0 Å². The molecule has 0 fully saturated rings. The zero-order valence-corrected chi connectivity index (χ0v) is 9.83. The number of aromatic hydroxyl groups is 1. The Hall–Kier alpha value is -2.10. The van der Waals surface area contributed by atoms with E-state index >= 15 is 0 Å². The van der Waals surface area contributed by atoms with Gasteiger partial charge in [0, 0.05) is 0 Å². The molecule has 0 atom stereocenters. The standard InChI is InChI=1S/C13H12O4/c1-6-4-9(15)12-10(5-6)17-8(3)11(7(2)14)13(12)16/h4-5,15H,1-3H3. The summed E-state index contributed by atoms with van der Waals surface area (Å²) in [6.45, 7) is 4.65. The first kappa shape index (κ1) is 11.4. The molecule has 0 aliphatic carbocycles. The number of phenolic OH excluding ortho intramolecular Hbond substituents is 1. The molecule has 0 saturated carbocycles. The molecule has 1 heterocycles. The van der Waals surface area contributed by atoms with Crippen LogP contribution in [0.3, 0.4) is 0 Å². The molecule has 0 saturated heterocycles. The maximum absolute atomic E-state index is 12.1. The lowest BCUT2D eigenvalue weighted by molar-refractivity contribution is 0.101. The molecular weight excluding hydrogens is 220 g/mol. The number of hydrogen-bond acceptors (Lipinski definition) is 4. The summed E-state index contributed by atoms with van der Waals surface area (Å²) in [6.07, 6.45) is 0. The number of carbonyl (C=O) groups excluding carboxylic acids is 1. The van der Waals surface area contributed by atoms with E-state index < -0.39 is 5.43 Å². The van der Waals surface area contributed by atoms with Gasteiger partial charge in [0.05, 0.1) is 0 Å². The molecule has 4 nitrogen and oxygen atoms in total. The van der Waals surface area contributed by atoms with Crippen LogP contribution in [-0.4, -0.2) is 10.9 Å². The Bertz CT molecular complexity index is 680. The Balaban J connectivity index is 3.03. The van der Waals surface area contributed by atoms with Gasteiger partial charge in [-0.2, -0.15) is 0 Å². The van der Waals surface area contributed by atoms with Gasteiger partial charge in [-0.05, 0) is 38.5 Å². The van der Waals surface area contributed by atoms with Crippen LogP contribution in [0.25, 0.3) is 11.0 Å². The van der Waals surface area contributed by atoms with Gasteiger partial charge in [-0.15, -0.1) is 0 Å². The largest absolute Gasteiger partial charge is 0.507 e. The van der Waals surface area contributed by atoms with Gasteiger partial charge in [0.15, 0.2) is 5.78 Å². The van der Waals surface area contributed by atoms with Crippen molar-refractivity contribution in [1.82, 2.24) is 0 Å². The van der Waals surface area contributed by atoms with Crippen LogP contribution in [0.5, 0.6) is 5.75 Å². The normalized spacial score (nSPS) is 10.8. The molecule has 1 N–H and O–H groups in total. The van der Waals surface area contributed by atoms with E-state index in [9.17, 15) is 14.7 Å². The fraction of sp³-hybridized carbons (Fsp3) is 0.231. The minimum atomic E-state index is -0.478. The van der Waals surface area contributed by atoms with Gasteiger partial charge in [-0.3, -0.25) is 9.59 Å². The summed E-state index contributed by atoms with van der Waals surface area (Å²) in [7, 11) is 0. The van der Waals surface area contributed by atoms with Crippen LogP contribution in [0.15, 0.2) is 21.3 Å². The highest BCUT2D eigenvalue weighted by molar-refractivity contribution is 5.98. The smallest absolute Gasteiger partial charge is 0.207 e. The summed E-state index contributed by atoms with van der Waals surface area (Å²) in [5, 5.41) is 9.82. The molecular formula is C13H12O4. The minimum absolute atomic E-state index is 0.00310. The lowest BCUT2D eigenvalue weighted by Gasteiger charge is -2.06. The molecule has 0 aliphatic rings. The number of phenols is 1. The summed E-state index contributed by atoms with van der Waals surface area (Å²) >= 11 is 0. The van der Waals surface area contributed by atoms with Crippen molar-refractivity contribution < 1.29 is 14.3 Å². The van der Waals surface area contributed by atoms with E-state index in [0.29, 0.717) is 5.58 Å². The van der Waals surface area contributed by atoms with Crippen LogP contribution in [0, 0.1) is 13.8 Å². The maximum atomic E-state index is 12.1. The number of fused-ring (bicyclic) bond motifs is 1. The van der Waals surface area contributed by atoms with Crippen LogP contribution in [0.2, 0.25) is 0 Å². The van der Waals surface area contributed by atoms with Gasteiger partial charge < -0.3 is 9.52 Å². The zero-order chi connectivity index (χ0) is 12.7. The summed E-state index contributed by atoms with van der Waals surface area (Å²) in [5.74, 6) is -0.241. The van der Waals surface area contributed by atoms with Gasteiger partial charge in [0.2, 0.25) is 5.43 Å². The lowest BCUT2D eigenvalue weighted by atomic mass is 10.1. The summed E-state index contributed by atoms with van der Waals surface area (Å²) in [4.78, 5) is 23.4. The molecule has 2 aromatic rings. The average Bonchev–Trinajstić information content (AvgIpc) is 2.13. The van der Waals surface area contributed by atoms with E-state index in [1.165, 1.54) is 13.0 Å². The Labute approximate surface area is 97.5 Å². The summed E-state index contributed by atoms with van der Waals surface area (Å²) in [6, 6.07) is 3.13. The van der Waals surface area contributed by atoms with E-state index in [1.807, 2.05) is 0 Å². The van der Waals surface area contributed by atoms with Gasteiger partial charge in [-0.1, -0.05) is 0 Å². The van der Waals surface area contributed by atoms with Gasteiger partial charge in [0.1, 0.15) is 28.0 Å². The van der Waals surface area contributed by atoms with Crippen LogP contribution in [-0.2, 0) is 0 Å². The number of benzene rings is 1. The monoisotopic (exact) mass is 232 g/mol. The first-order chi connectivity index (χ1) is 7.91. The lowest BCUT2D eigenvalue weighted by Crippen LogP contribution is -2.15. The van der Waals surface area contributed by atoms with E-state index in [1.54, 1.807) is 19.9 Å². The van der Waals surface area contributed by atoms with Crippen molar-refractivity contribution in [2.45, 2.75) is 20.8 Å². The third-order valence-electron chi connectivity index (χ3n) is 2.65. The number of rotatable bonds is 1. The average molecular weight is 232 g/mol. The van der Waals surface area contributed by atoms with Crippen molar-refractivity contribution >= 4 is 16.8 Å². The molecule has 4 heteroatoms. The highest BCUT2D eigenvalue weighted by Gasteiger charge is 2.17. The van der Waals surface area contributed by atoms with Crippen molar-refractivity contribution in [1.29, 1.82) is 0 Å². The number of hydrogen-bond donors (Lipinski definition) is 1. The second kappa shape index (κ2) is 3.73. The molecule has 0 bridgehead atoms. The molecule has 88 valence electrons.